The molecule has 6 heteroatoms. The number of aromatic nitrogens is 3. The number of hydrogen-bond acceptors (Lipinski definition) is 6. The molecule has 0 unspecified atom stereocenters. The van der Waals surface area contributed by atoms with Crippen LogP contribution in [0.15, 0.2) is 17.8 Å². The normalized spacial score (nSPS) is 9.60. The van der Waals surface area contributed by atoms with Gasteiger partial charge in [0.05, 0.1) is 5.69 Å². The minimum absolute atomic E-state index is 0.269. The minimum atomic E-state index is 0.269. The van der Waals surface area contributed by atoms with Gasteiger partial charge in [0.2, 0.25) is 0 Å². The Morgan fingerprint density at radius 1 is 1.40 bits per heavy atom. The highest BCUT2D eigenvalue weighted by Crippen LogP contribution is 2.20. The van der Waals surface area contributed by atoms with Crippen LogP contribution in [0.2, 0.25) is 0 Å². The average molecular weight is 217 g/mol. The van der Waals surface area contributed by atoms with Gasteiger partial charge in [-0.3, -0.25) is 0 Å². The molecular weight excluding hydrogens is 210 g/mol. The van der Waals surface area contributed by atoms with Crippen LogP contribution in [0, 0.1) is 18.3 Å². The number of nitrogens with zero attached hydrogens (tertiary/aromatic N) is 4. The molecule has 0 aliphatic heterocycles. The van der Waals surface area contributed by atoms with Gasteiger partial charge in [-0.1, -0.05) is 0 Å². The first-order valence-electron chi connectivity index (χ1n) is 4.20. The Bertz CT molecular complexity index is 513. The standard InChI is InChI=1S/C9H7N5S/c1-6-5-15-9(13-6)14-8-7(4-10)11-2-3-12-8/h2-3,5H,1H3,(H,12,13,14). The molecule has 0 amide bonds. The lowest BCUT2D eigenvalue weighted by molar-refractivity contribution is 1.15. The fourth-order valence-corrected chi connectivity index (χ4v) is 1.71. The van der Waals surface area contributed by atoms with Crippen molar-refractivity contribution >= 4 is 22.3 Å². The van der Waals surface area contributed by atoms with E-state index in [2.05, 4.69) is 20.3 Å². The number of thiazole rings is 1. The predicted molar refractivity (Wildman–Crippen MR) is 56.9 cm³/mol. The lowest BCUT2D eigenvalue weighted by Gasteiger charge is -2.01. The van der Waals surface area contributed by atoms with Crippen LogP contribution in [0.4, 0.5) is 10.9 Å². The molecule has 74 valence electrons. The summed E-state index contributed by atoms with van der Waals surface area (Å²) in [5.41, 5.74) is 1.20. The second-order valence-electron chi connectivity index (χ2n) is 2.78. The summed E-state index contributed by atoms with van der Waals surface area (Å²) in [4.78, 5) is 12.1. The Labute approximate surface area is 90.5 Å². The summed E-state index contributed by atoms with van der Waals surface area (Å²) in [7, 11) is 0. The van der Waals surface area contributed by atoms with E-state index < -0.39 is 0 Å². The number of hydrogen-bond donors (Lipinski definition) is 1. The molecule has 0 saturated carbocycles. The molecule has 2 heterocycles. The second kappa shape index (κ2) is 4.02. The predicted octanol–water partition coefficient (Wildman–Crippen LogP) is 1.86. The molecule has 0 aliphatic rings. The van der Waals surface area contributed by atoms with Gasteiger partial charge in [0.25, 0.3) is 0 Å². The first-order valence-corrected chi connectivity index (χ1v) is 5.08. The maximum atomic E-state index is 8.79. The van der Waals surface area contributed by atoms with Gasteiger partial charge in [-0.05, 0) is 6.92 Å². The van der Waals surface area contributed by atoms with Gasteiger partial charge in [-0.15, -0.1) is 11.3 Å². The van der Waals surface area contributed by atoms with Crippen LogP contribution in [-0.4, -0.2) is 15.0 Å². The van der Waals surface area contributed by atoms with E-state index in [1.807, 2.05) is 18.4 Å². The fraction of sp³-hybridized carbons (Fsp3) is 0.111. The van der Waals surface area contributed by atoms with E-state index in [1.54, 1.807) is 0 Å². The summed E-state index contributed by atoms with van der Waals surface area (Å²) in [6.45, 7) is 1.91. The molecule has 15 heavy (non-hydrogen) atoms. The molecule has 2 aromatic rings. The molecule has 5 nitrogen and oxygen atoms in total. The Balaban J connectivity index is 2.28. The zero-order chi connectivity index (χ0) is 10.7. The molecule has 0 fully saturated rings. The molecule has 0 aromatic carbocycles. The van der Waals surface area contributed by atoms with E-state index in [9.17, 15) is 0 Å². The molecule has 0 radical (unpaired) electrons. The van der Waals surface area contributed by atoms with Crippen molar-refractivity contribution in [2.45, 2.75) is 6.92 Å². The van der Waals surface area contributed by atoms with Crippen LogP contribution in [0.1, 0.15) is 11.4 Å². The van der Waals surface area contributed by atoms with Crippen LogP contribution in [-0.2, 0) is 0 Å². The monoisotopic (exact) mass is 217 g/mol. The number of rotatable bonds is 2. The second-order valence-corrected chi connectivity index (χ2v) is 3.64. The molecular formula is C9H7N5S. The first-order chi connectivity index (χ1) is 7.29. The van der Waals surface area contributed by atoms with Crippen molar-refractivity contribution in [1.82, 2.24) is 15.0 Å². The van der Waals surface area contributed by atoms with Crippen LogP contribution in [0.5, 0.6) is 0 Å². The van der Waals surface area contributed by atoms with Gasteiger partial charge in [0.1, 0.15) is 6.07 Å². The molecule has 0 spiro atoms. The molecule has 2 rings (SSSR count). The molecule has 0 atom stereocenters. The van der Waals surface area contributed by atoms with Gasteiger partial charge in [-0.25, -0.2) is 15.0 Å². The third-order valence-electron chi connectivity index (χ3n) is 1.65. The summed E-state index contributed by atoms with van der Waals surface area (Å²) in [5.74, 6) is 0.439. The van der Waals surface area contributed by atoms with Gasteiger partial charge < -0.3 is 5.32 Å². The van der Waals surface area contributed by atoms with Gasteiger partial charge >= 0.3 is 0 Å². The Morgan fingerprint density at radius 2 is 2.20 bits per heavy atom. The maximum absolute atomic E-state index is 8.79. The smallest absolute Gasteiger partial charge is 0.188 e. The summed E-state index contributed by atoms with van der Waals surface area (Å²) in [6.07, 6.45) is 3.01. The molecule has 0 aliphatic carbocycles. The Morgan fingerprint density at radius 3 is 2.87 bits per heavy atom. The van der Waals surface area contributed by atoms with E-state index in [1.165, 1.54) is 23.7 Å². The van der Waals surface area contributed by atoms with Crippen LogP contribution in [0.25, 0.3) is 0 Å². The van der Waals surface area contributed by atoms with E-state index in [0.717, 1.165) is 5.69 Å². The highest BCUT2D eigenvalue weighted by molar-refractivity contribution is 7.13. The lowest BCUT2D eigenvalue weighted by Crippen LogP contribution is -1.98. The van der Waals surface area contributed by atoms with Crippen molar-refractivity contribution in [3.8, 4) is 6.07 Å². The third kappa shape index (κ3) is 2.08. The third-order valence-corrected chi connectivity index (χ3v) is 2.52. The quantitative estimate of drug-likeness (QED) is 0.831. The average Bonchev–Trinajstić information content (AvgIpc) is 2.65. The van der Waals surface area contributed by atoms with Crippen LogP contribution >= 0.6 is 11.3 Å². The zero-order valence-electron chi connectivity index (χ0n) is 7.93. The van der Waals surface area contributed by atoms with Crippen molar-refractivity contribution in [2.75, 3.05) is 5.32 Å². The van der Waals surface area contributed by atoms with Crippen molar-refractivity contribution in [1.29, 1.82) is 5.26 Å². The van der Waals surface area contributed by atoms with Gasteiger partial charge in [-0.2, -0.15) is 5.26 Å². The first kappa shape index (κ1) is 9.55. The summed E-state index contributed by atoms with van der Waals surface area (Å²) in [5, 5.41) is 14.4. The van der Waals surface area contributed by atoms with Crippen molar-refractivity contribution in [3.63, 3.8) is 0 Å². The number of aryl methyl sites for hydroxylation is 1. The molecule has 1 N–H and O–H groups in total. The number of nitriles is 1. The summed E-state index contributed by atoms with van der Waals surface area (Å²) < 4.78 is 0. The minimum Gasteiger partial charge on any atom is -0.314 e. The molecule has 0 bridgehead atoms. The van der Waals surface area contributed by atoms with Crippen LogP contribution < -0.4 is 5.32 Å². The van der Waals surface area contributed by atoms with Gasteiger partial charge in [0.15, 0.2) is 16.6 Å². The highest BCUT2D eigenvalue weighted by Gasteiger charge is 2.05. The van der Waals surface area contributed by atoms with E-state index in [0.29, 0.717) is 10.9 Å². The molecule has 2 aromatic heterocycles. The topological polar surface area (TPSA) is 74.5 Å². The Hall–Kier alpha value is -2.00. The van der Waals surface area contributed by atoms with Gasteiger partial charge in [0, 0.05) is 17.8 Å². The van der Waals surface area contributed by atoms with E-state index in [4.69, 9.17) is 5.26 Å². The fourth-order valence-electron chi connectivity index (χ4n) is 1.02. The zero-order valence-corrected chi connectivity index (χ0v) is 8.75. The van der Waals surface area contributed by atoms with Crippen molar-refractivity contribution in [3.05, 3.63) is 29.2 Å². The lowest BCUT2D eigenvalue weighted by atomic mass is 10.4. The summed E-state index contributed by atoms with van der Waals surface area (Å²) in [6, 6.07) is 1.96. The highest BCUT2D eigenvalue weighted by atomic mass is 32.1. The summed E-state index contributed by atoms with van der Waals surface area (Å²) >= 11 is 1.46. The van der Waals surface area contributed by atoms with Crippen molar-refractivity contribution < 1.29 is 0 Å². The number of anilines is 2. The van der Waals surface area contributed by atoms with E-state index >= 15 is 0 Å². The van der Waals surface area contributed by atoms with Crippen molar-refractivity contribution in [2.24, 2.45) is 0 Å². The largest absolute Gasteiger partial charge is 0.314 e. The van der Waals surface area contributed by atoms with E-state index in [-0.39, 0.29) is 5.69 Å². The molecule has 0 saturated heterocycles. The number of nitrogens with one attached hydrogen (secondary N) is 1. The SMILES string of the molecule is Cc1csc(Nc2nccnc2C#N)n1. The van der Waals surface area contributed by atoms with Crippen LogP contribution in [0.3, 0.4) is 0 Å². The Kier molecular flexibility index (Phi) is 2.56. The maximum Gasteiger partial charge on any atom is 0.188 e.